The zero-order chi connectivity index (χ0) is 28.2. The molecule has 1 aliphatic rings. The third-order valence-corrected chi connectivity index (χ3v) is 6.65. The van der Waals surface area contributed by atoms with E-state index in [2.05, 4.69) is 4.98 Å². The highest BCUT2D eigenvalue weighted by Crippen LogP contribution is 2.29. The van der Waals surface area contributed by atoms with Crippen molar-refractivity contribution < 1.29 is 33.3 Å². The van der Waals surface area contributed by atoms with Crippen molar-refractivity contribution in [2.45, 2.75) is 46.1 Å². The molecule has 2 aromatic carbocycles. The summed E-state index contributed by atoms with van der Waals surface area (Å²) in [4.78, 5) is 30.5. The Balaban J connectivity index is 1.31. The lowest BCUT2D eigenvalue weighted by molar-refractivity contribution is -0.142. The molecule has 39 heavy (non-hydrogen) atoms. The highest BCUT2D eigenvalue weighted by molar-refractivity contribution is 5.74. The number of oxazole rings is 1. The zero-order valence-corrected chi connectivity index (χ0v) is 23.1. The highest BCUT2D eigenvalue weighted by atomic mass is 16.6. The van der Waals surface area contributed by atoms with Crippen LogP contribution in [-0.2, 0) is 22.4 Å². The van der Waals surface area contributed by atoms with Gasteiger partial charge in [0.15, 0.2) is 0 Å². The number of amides is 1. The number of aryl methyl sites for hydroxylation is 1. The van der Waals surface area contributed by atoms with E-state index in [0.29, 0.717) is 37.6 Å². The lowest BCUT2D eigenvalue weighted by Gasteiger charge is -2.24. The molecule has 0 saturated carbocycles. The van der Waals surface area contributed by atoms with Crippen LogP contribution >= 0.6 is 0 Å². The Kier molecular flexibility index (Phi) is 8.47. The van der Waals surface area contributed by atoms with Gasteiger partial charge in [0.25, 0.3) is 0 Å². The van der Waals surface area contributed by atoms with Crippen LogP contribution in [0.2, 0.25) is 0 Å². The second-order valence-corrected chi connectivity index (χ2v) is 10.8. The summed E-state index contributed by atoms with van der Waals surface area (Å²) in [6.45, 7) is 8.20. The van der Waals surface area contributed by atoms with Crippen LogP contribution in [0.3, 0.4) is 0 Å². The number of hydrogen-bond donors (Lipinski definition) is 1. The van der Waals surface area contributed by atoms with Gasteiger partial charge in [-0.1, -0.05) is 18.2 Å². The van der Waals surface area contributed by atoms with E-state index < -0.39 is 23.6 Å². The Morgan fingerprint density at radius 1 is 1.10 bits per heavy atom. The normalized spacial score (nSPS) is 17.2. The number of likely N-dealkylation sites (tertiary alicyclic amines) is 1. The molecule has 1 N–H and O–H groups in total. The third-order valence-electron chi connectivity index (χ3n) is 6.65. The van der Waals surface area contributed by atoms with Gasteiger partial charge in [-0.05, 0) is 75.9 Å². The monoisotopic (exact) mass is 536 g/mol. The van der Waals surface area contributed by atoms with Gasteiger partial charge in [-0.3, -0.25) is 4.79 Å². The van der Waals surface area contributed by atoms with Crippen LogP contribution in [0.25, 0.3) is 11.5 Å². The number of benzene rings is 2. The number of nitrogens with zero attached hydrogens (tertiary/aromatic N) is 2. The smallest absolute Gasteiger partial charge is 0.410 e. The van der Waals surface area contributed by atoms with Gasteiger partial charge in [0.2, 0.25) is 5.89 Å². The number of carbonyl (C=O) groups is 2. The van der Waals surface area contributed by atoms with E-state index in [1.165, 1.54) is 4.90 Å². The van der Waals surface area contributed by atoms with Crippen LogP contribution in [0.15, 0.2) is 52.9 Å². The number of aromatic nitrogens is 1. The molecule has 0 bridgehead atoms. The average molecular weight is 537 g/mol. The average Bonchev–Trinajstić information content (AvgIpc) is 3.48. The maximum Gasteiger partial charge on any atom is 0.410 e. The molecule has 0 spiro atoms. The molecule has 2 heterocycles. The predicted molar refractivity (Wildman–Crippen MR) is 145 cm³/mol. The maximum absolute atomic E-state index is 12.5. The first-order valence-corrected chi connectivity index (χ1v) is 13.1. The second kappa shape index (κ2) is 11.8. The molecule has 0 aliphatic carbocycles. The Labute approximate surface area is 228 Å². The Morgan fingerprint density at radius 2 is 1.85 bits per heavy atom. The molecule has 0 radical (unpaired) electrons. The number of rotatable bonds is 9. The van der Waals surface area contributed by atoms with Crippen molar-refractivity contribution in [1.82, 2.24) is 9.88 Å². The molecule has 9 heteroatoms. The van der Waals surface area contributed by atoms with Crippen molar-refractivity contribution in [2.24, 2.45) is 11.8 Å². The van der Waals surface area contributed by atoms with Crippen LogP contribution < -0.4 is 9.47 Å². The number of carbonyl (C=O) groups excluding carboxylic acids is 1. The molecule has 1 aromatic heterocycles. The number of methoxy groups -OCH3 is 1. The zero-order valence-electron chi connectivity index (χ0n) is 23.1. The number of hydrogen-bond acceptors (Lipinski definition) is 7. The maximum atomic E-state index is 12.5. The fourth-order valence-electron chi connectivity index (χ4n) is 4.66. The van der Waals surface area contributed by atoms with Crippen molar-refractivity contribution in [3.63, 3.8) is 0 Å². The largest absolute Gasteiger partial charge is 0.497 e. The minimum atomic E-state index is -0.899. The lowest BCUT2D eigenvalue weighted by Crippen LogP contribution is -2.36. The minimum Gasteiger partial charge on any atom is -0.497 e. The molecule has 1 aliphatic heterocycles. The Bertz CT molecular complexity index is 1290. The van der Waals surface area contributed by atoms with Crippen LogP contribution in [-0.4, -0.2) is 59.5 Å². The summed E-state index contributed by atoms with van der Waals surface area (Å²) in [5.41, 5.74) is 2.04. The van der Waals surface area contributed by atoms with Crippen molar-refractivity contribution in [2.75, 3.05) is 26.8 Å². The summed E-state index contributed by atoms with van der Waals surface area (Å²) in [6, 6.07) is 15.2. The fourth-order valence-corrected chi connectivity index (χ4v) is 4.66. The highest BCUT2D eigenvalue weighted by Gasteiger charge is 2.41. The minimum absolute atomic E-state index is 0.150. The topological polar surface area (TPSA) is 111 Å². The summed E-state index contributed by atoms with van der Waals surface area (Å²) < 4.78 is 22.5. The number of ether oxygens (including phenoxy) is 3. The molecule has 4 rings (SSSR count). The molecular weight excluding hydrogens is 500 g/mol. The van der Waals surface area contributed by atoms with Gasteiger partial charge in [-0.2, -0.15) is 0 Å². The van der Waals surface area contributed by atoms with Crippen molar-refractivity contribution in [3.05, 3.63) is 65.5 Å². The van der Waals surface area contributed by atoms with E-state index >= 15 is 0 Å². The summed E-state index contributed by atoms with van der Waals surface area (Å²) in [5.74, 6) is 1.01. The van der Waals surface area contributed by atoms with Crippen molar-refractivity contribution >= 4 is 12.1 Å². The molecule has 2 atom stereocenters. The fraction of sp³-hybridized carbons (Fsp3) is 0.433. The van der Waals surface area contributed by atoms with Gasteiger partial charge in [0, 0.05) is 25.1 Å². The number of aliphatic carboxylic acids is 1. The molecule has 208 valence electrons. The van der Waals surface area contributed by atoms with E-state index in [4.69, 9.17) is 18.6 Å². The van der Waals surface area contributed by atoms with E-state index in [9.17, 15) is 14.7 Å². The second-order valence-electron chi connectivity index (χ2n) is 10.8. The van der Waals surface area contributed by atoms with Gasteiger partial charge in [-0.25, -0.2) is 9.78 Å². The summed E-state index contributed by atoms with van der Waals surface area (Å²) in [5, 5.41) is 9.72. The summed E-state index contributed by atoms with van der Waals surface area (Å²) >= 11 is 0. The Hall–Kier alpha value is -4.01. The lowest BCUT2D eigenvalue weighted by atomic mass is 9.90. The Morgan fingerprint density at radius 3 is 2.51 bits per heavy atom. The number of carboxylic acid groups (broad SMARTS) is 1. The predicted octanol–water partition coefficient (Wildman–Crippen LogP) is 5.39. The van der Waals surface area contributed by atoms with Crippen LogP contribution in [0.4, 0.5) is 4.79 Å². The van der Waals surface area contributed by atoms with Gasteiger partial charge < -0.3 is 28.6 Å². The van der Waals surface area contributed by atoms with Crippen LogP contribution in [0, 0.1) is 18.8 Å². The molecule has 1 amide bonds. The first kappa shape index (κ1) is 28.0. The van der Waals surface area contributed by atoms with Gasteiger partial charge >= 0.3 is 12.1 Å². The summed E-state index contributed by atoms with van der Waals surface area (Å²) in [6.07, 6.45) is 0.656. The summed E-state index contributed by atoms with van der Waals surface area (Å²) in [7, 11) is 1.62. The standard InChI is InChI=1S/C30H36N2O7/c1-19-26(31-27(38-19)21-7-6-8-24(16-21)36-5)13-14-37-23-11-9-20(10-12-23)15-22-17-32(18-25(22)28(33)34)29(35)39-30(2,3)4/h6-12,16,22,25H,13-15,17-18H2,1-5H3,(H,33,34)/t22-,25+/m1/s1. The van der Waals surface area contributed by atoms with Crippen LogP contribution in [0.1, 0.15) is 37.8 Å². The number of carboxylic acids is 1. The van der Waals surface area contributed by atoms with E-state index in [-0.39, 0.29) is 12.5 Å². The molecule has 1 saturated heterocycles. The van der Waals surface area contributed by atoms with E-state index in [0.717, 1.165) is 28.3 Å². The van der Waals surface area contributed by atoms with Gasteiger partial charge in [0.1, 0.15) is 22.9 Å². The van der Waals surface area contributed by atoms with E-state index in [1.54, 1.807) is 27.9 Å². The van der Waals surface area contributed by atoms with Gasteiger partial charge in [0.05, 0.1) is 25.3 Å². The molecule has 0 unspecified atom stereocenters. The molecule has 3 aromatic rings. The first-order valence-electron chi connectivity index (χ1n) is 13.1. The van der Waals surface area contributed by atoms with Crippen LogP contribution in [0.5, 0.6) is 11.5 Å². The molecule has 1 fully saturated rings. The first-order chi connectivity index (χ1) is 18.5. The molecule has 9 nitrogen and oxygen atoms in total. The van der Waals surface area contributed by atoms with Crippen molar-refractivity contribution in [3.8, 4) is 23.0 Å². The van der Waals surface area contributed by atoms with Gasteiger partial charge in [-0.15, -0.1) is 0 Å². The third kappa shape index (κ3) is 7.31. The quantitative estimate of drug-likeness (QED) is 0.388. The SMILES string of the molecule is COc1cccc(-c2nc(CCOc3ccc(C[C@@H]4CN(C(=O)OC(C)(C)C)C[C@@H]4C(=O)O)cc3)c(C)o2)c1. The van der Waals surface area contributed by atoms with E-state index in [1.807, 2.05) is 55.5 Å². The van der Waals surface area contributed by atoms with Crippen molar-refractivity contribution in [1.29, 1.82) is 0 Å². The molecular formula is C30H36N2O7.